The number of benzene rings is 1. The number of hydrogen-bond donors (Lipinski definition) is 0. The first-order chi connectivity index (χ1) is 4.84. The summed E-state index contributed by atoms with van der Waals surface area (Å²) in [7, 11) is 0. The first-order valence-electron chi connectivity index (χ1n) is 2.82. The number of nitrogens with zero attached hydrogens (tertiary/aromatic N) is 1. The van der Waals surface area contributed by atoms with Crippen molar-refractivity contribution in [3.8, 4) is 6.07 Å². The lowest BCUT2D eigenvalue weighted by Gasteiger charge is -1.93. The van der Waals surface area contributed by atoms with Crippen LogP contribution in [-0.4, -0.2) is 0 Å². The SMILES string of the molecule is N#C[C](F)c1ccccc1. The van der Waals surface area contributed by atoms with E-state index in [-0.39, 0.29) is 0 Å². The van der Waals surface area contributed by atoms with E-state index in [9.17, 15) is 4.39 Å². The summed E-state index contributed by atoms with van der Waals surface area (Å²) < 4.78 is 12.4. The molecule has 1 aromatic carbocycles. The molecule has 0 aliphatic rings. The molecule has 0 amide bonds. The Hall–Kier alpha value is -1.36. The highest BCUT2D eigenvalue weighted by Crippen LogP contribution is 2.13. The second-order valence-electron chi connectivity index (χ2n) is 1.79. The molecular formula is C8H5FN. The van der Waals surface area contributed by atoms with Gasteiger partial charge in [0, 0.05) is 5.56 Å². The summed E-state index contributed by atoms with van der Waals surface area (Å²) in [5.74, 6) is 0. The minimum Gasteiger partial charge on any atom is -0.217 e. The van der Waals surface area contributed by atoms with E-state index in [0.717, 1.165) is 0 Å². The second kappa shape index (κ2) is 2.98. The van der Waals surface area contributed by atoms with Crippen molar-refractivity contribution in [2.45, 2.75) is 0 Å². The Morgan fingerprint density at radius 2 is 1.90 bits per heavy atom. The van der Waals surface area contributed by atoms with E-state index in [4.69, 9.17) is 5.26 Å². The molecule has 0 fully saturated rings. The summed E-state index contributed by atoms with van der Waals surface area (Å²) in [5.41, 5.74) is 0.338. The molecular weight excluding hydrogens is 129 g/mol. The summed E-state index contributed by atoms with van der Waals surface area (Å²) in [6.45, 7) is 0. The van der Waals surface area contributed by atoms with Crippen molar-refractivity contribution in [2.24, 2.45) is 0 Å². The van der Waals surface area contributed by atoms with E-state index in [1.807, 2.05) is 0 Å². The zero-order valence-electron chi connectivity index (χ0n) is 5.21. The fourth-order valence-corrected chi connectivity index (χ4v) is 0.649. The summed E-state index contributed by atoms with van der Waals surface area (Å²) in [4.78, 5) is 0. The summed E-state index contributed by atoms with van der Waals surface area (Å²) >= 11 is 0. The number of nitriles is 1. The van der Waals surface area contributed by atoms with Crippen LogP contribution in [0.1, 0.15) is 5.56 Å². The van der Waals surface area contributed by atoms with Crippen molar-refractivity contribution in [3.05, 3.63) is 42.1 Å². The van der Waals surface area contributed by atoms with Crippen LogP contribution in [0.25, 0.3) is 0 Å². The van der Waals surface area contributed by atoms with Crippen LogP contribution in [0.2, 0.25) is 0 Å². The molecule has 0 heterocycles. The molecule has 1 aromatic rings. The van der Waals surface area contributed by atoms with E-state index in [0.29, 0.717) is 5.56 Å². The van der Waals surface area contributed by atoms with Gasteiger partial charge in [-0.25, -0.2) is 4.39 Å². The van der Waals surface area contributed by atoms with Gasteiger partial charge in [-0.15, -0.1) is 0 Å². The lowest BCUT2D eigenvalue weighted by Crippen LogP contribution is -1.85. The minimum absolute atomic E-state index is 0.338. The van der Waals surface area contributed by atoms with E-state index >= 15 is 0 Å². The Morgan fingerprint density at radius 1 is 1.30 bits per heavy atom. The molecule has 0 spiro atoms. The van der Waals surface area contributed by atoms with Gasteiger partial charge in [-0.3, -0.25) is 0 Å². The monoisotopic (exact) mass is 134 g/mol. The molecule has 0 saturated heterocycles. The van der Waals surface area contributed by atoms with Gasteiger partial charge < -0.3 is 0 Å². The first kappa shape index (κ1) is 6.76. The molecule has 1 nitrogen and oxygen atoms in total. The molecule has 0 bridgehead atoms. The van der Waals surface area contributed by atoms with Gasteiger partial charge in [-0.05, 0) is 0 Å². The van der Waals surface area contributed by atoms with Crippen molar-refractivity contribution in [3.63, 3.8) is 0 Å². The van der Waals surface area contributed by atoms with Crippen molar-refractivity contribution in [1.29, 1.82) is 5.26 Å². The quantitative estimate of drug-likeness (QED) is 0.576. The van der Waals surface area contributed by atoms with Crippen LogP contribution >= 0.6 is 0 Å². The van der Waals surface area contributed by atoms with Crippen LogP contribution in [0.4, 0.5) is 4.39 Å². The third-order valence-corrected chi connectivity index (χ3v) is 1.13. The fourth-order valence-electron chi connectivity index (χ4n) is 0.649. The summed E-state index contributed by atoms with van der Waals surface area (Å²) in [6, 6.07) is 9.68. The van der Waals surface area contributed by atoms with Crippen LogP contribution in [0.3, 0.4) is 0 Å². The van der Waals surface area contributed by atoms with E-state index < -0.39 is 6.17 Å². The molecule has 0 atom stereocenters. The van der Waals surface area contributed by atoms with Crippen LogP contribution in [0.15, 0.2) is 30.3 Å². The van der Waals surface area contributed by atoms with Crippen molar-refractivity contribution >= 4 is 0 Å². The highest BCUT2D eigenvalue weighted by molar-refractivity contribution is 5.33. The van der Waals surface area contributed by atoms with Crippen molar-refractivity contribution in [1.82, 2.24) is 0 Å². The highest BCUT2D eigenvalue weighted by Gasteiger charge is 2.07. The summed E-state index contributed by atoms with van der Waals surface area (Å²) in [6.07, 6.45) is -0.736. The zero-order chi connectivity index (χ0) is 7.40. The number of hydrogen-bond acceptors (Lipinski definition) is 1. The van der Waals surface area contributed by atoms with Gasteiger partial charge in [0.05, 0.1) is 0 Å². The third-order valence-electron chi connectivity index (χ3n) is 1.13. The van der Waals surface area contributed by atoms with Gasteiger partial charge in [0.25, 0.3) is 6.17 Å². The van der Waals surface area contributed by atoms with Gasteiger partial charge in [0.2, 0.25) is 0 Å². The Kier molecular flexibility index (Phi) is 2.01. The minimum atomic E-state index is -0.736. The Labute approximate surface area is 58.7 Å². The molecule has 1 rings (SSSR count). The molecule has 2 heteroatoms. The maximum atomic E-state index is 12.4. The maximum Gasteiger partial charge on any atom is 0.272 e. The Balaban J connectivity index is 2.88. The van der Waals surface area contributed by atoms with E-state index in [2.05, 4.69) is 0 Å². The van der Waals surface area contributed by atoms with Gasteiger partial charge in [0.1, 0.15) is 6.07 Å². The zero-order valence-corrected chi connectivity index (χ0v) is 5.21. The Bertz CT molecular complexity index is 237. The number of halogens is 1. The molecule has 0 saturated carbocycles. The van der Waals surface area contributed by atoms with Crippen molar-refractivity contribution in [2.75, 3.05) is 0 Å². The van der Waals surface area contributed by atoms with Gasteiger partial charge in [0.15, 0.2) is 0 Å². The average Bonchev–Trinajstić information content (AvgIpc) is 2.05. The predicted octanol–water partition coefficient (Wildman–Crippen LogP) is 2.06. The lowest BCUT2D eigenvalue weighted by molar-refractivity contribution is 0.584. The second-order valence-corrected chi connectivity index (χ2v) is 1.79. The molecule has 0 aliphatic heterocycles. The average molecular weight is 134 g/mol. The molecule has 1 radical (unpaired) electrons. The lowest BCUT2D eigenvalue weighted by atomic mass is 10.1. The molecule has 0 aromatic heterocycles. The van der Waals surface area contributed by atoms with Crippen molar-refractivity contribution < 1.29 is 4.39 Å². The van der Waals surface area contributed by atoms with Crippen LogP contribution in [0, 0.1) is 17.5 Å². The van der Waals surface area contributed by atoms with Gasteiger partial charge in [-0.1, -0.05) is 30.3 Å². The van der Waals surface area contributed by atoms with Gasteiger partial charge >= 0.3 is 0 Å². The summed E-state index contributed by atoms with van der Waals surface area (Å²) in [5, 5.41) is 8.13. The molecule has 0 unspecified atom stereocenters. The third kappa shape index (κ3) is 1.32. The Morgan fingerprint density at radius 3 is 2.40 bits per heavy atom. The molecule has 0 aliphatic carbocycles. The van der Waals surface area contributed by atoms with Gasteiger partial charge in [-0.2, -0.15) is 5.26 Å². The van der Waals surface area contributed by atoms with Crippen LogP contribution in [-0.2, 0) is 0 Å². The normalized spacial score (nSPS) is 9.30. The predicted molar refractivity (Wildman–Crippen MR) is 35.5 cm³/mol. The fraction of sp³-hybridized carbons (Fsp3) is 0. The largest absolute Gasteiger partial charge is 0.272 e. The standard InChI is InChI=1S/C8H5FN/c9-8(6-10)7-4-2-1-3-5-7/h1-5H. The van der Waals surface area contributed by atoms with Crippen LogP contribution in [0.5, 0.6) is 0 Å². The smallest absolute Gasteiger partial charge is 0.217 e. The number of rotatable bonds is 1. The molecule has 10 heavy (non-hydrogen) atoms. The highest BCUT2D eigenvalue weighted by atomic mass is 19.1. The van der Waals surface area contributed by atoms with E-state index in [1.165, 1.54) is 6.07 Å². The van der Waals surface area contributed by atoms with E-state index in [1.54, 1.807) is 30.3 Å². The topological polar surface area (TPSA) is 23.8 Å². The van der Waals surface area contributed by atoms with Crippen LogP contribution < -0.4 is 0 Å². The maximum absolute atomic E-state index is 12.4. The molecule has 0 N–H and O–H groups in total. The molecule has 49 valence electrons. The first-order valence-corrected chi connectivity index (χ1v) is 2.82.